The number of carbonyl (C=O) groups is 1. The molecule has 1 atom stereocenters. The summed E-state index contributed by atoms with van der Waals surface area (Å²) in [6.45, 7) is 3.61. The molecular formula is C17H18F2N2O3S. The molecule has 5 nitrogen and oxygen atoms in total. The fraction of sp³-hybridized carbons (Fsp3) is 0.235. The van der Waals surface area contributed by atoms with Gasteiger partial charge in [0.25, 0.3) is 5.91 Å². The molecule has 2 aromatic rings. The lowest BCUT2D eigenvalue weighted by Crippen LogP contribution is -2.32. The molecule has 0 saturated heterocycles. The summed E-state index contributed by atoms with van der Waals surface area (Å²) in [6.07, 6.45) is 0.647. The summed E-state index contributed by atoms with van der Waals surface area (Å²) in [5.74, 6) is -2.65. The van der Waals surface area contributed by atoms with E-state index in [4.69, 9.17) is 0 Å². The van der Waals surface area contributed by atoms with Gasteiger partial charge in [-0.3, -0.25) is 4.79 Å². The van der Waals surface area contributed by atoms with Crippen LogP contribution in [0.4, 0.5) is 14.5 Å². The van der Waals surface area contributed by atoms with Crippen LogP contribution in [0.15, 0.2) is 47.4 Å². The predicted molar refractivity (Wildman–Crippen MR) is 90.8 cm³/mol. The molecule has 0 aliphatic carbocycles. The smallest absolute Gasteiger partial charge is 0.255 e. The van der Waals surface area contributed by atoms with Gasteiger partial charge in [-0.05, 0) is 49.7 Å². The number of nitrogens with one attached hydrogen (secondary N) is 2. The van der Waals surface area contributed by atoms with Crippen molar-refractivity contribution in [3.8, 4) is 0 Å². The Labute approximate surface area is 145 Å². The Morgan fingerprint density at radius 1 is 1.08 bits per heavy atom. The van der Waals surface area contributed by atoms with Crippen molar-refractivity contribution in [2.75, 3.05) is 5.32 Å². The van der Waals surface area contributed by atoms with Gasteiger partial charge in [-0.1, -0.05) is 6.92 Å². The second kappa shape index (κ2) is 7.71. The molecule has 2 aromatic carbocycles. The number of carbonyl (C=O) groups excluding carboxylic acids is 1. The fourth-order valence-corrected chi connectivity index (χ4v) is 3.31. The maximum Gasteiger partial charge on any atom is 0.255 e. The summed E-state index contributed by atoms with van der Waals surface area (Å²) in [5, 5.41) is 2.42. The molecule has 0 aliphatic heterocycles. The van der Waals surface area contributed by atoms with Gasteiger partial charge in [0.05, 0.1) is 4.90 Å². The van der Waals surface area contributed by atoms with Gasteiger partial charge in [-0.25, -0.2) is 21.9 Å². The Bertz CT molecular complexity index is 868. The third-order valence-electron chi connectivity index (χ3n) is 3.57. The molecule has 25 heavy (non-hydrogen) atoms. The van der Waals surface area contributed by atoms with Gasteiger partial charge in [0.2, 0.25) is 10.0 Å². The highest BCUT2D eigenvalue weighted by Gasteiger charge is 2.17. The zero-order valence-corrected chi connectivity index (χ0v) is 14.5. The van der Waals surface area contributed by atoms with E-state index < -0.39 is 27.6 Å². The van der Waals surface area contributed by atoms with E-state index in [0.29, 0.717) is 6.42 Å². The van der Waals surface area contributed by atoms with Crippen molar-refractivity contribution in [1.29, 1.82) is 0 Å². The van der Waals surface area contributed by atoms with Crippen molar-refractivity contribution < 1.29 is 22.0 Å². The van der Waals surface area contributed by atoms with Crippen LogP contribution in [0, 0.1) is 11.6 Å². The van der Waals surface area contributed by atoms with Crippen LogP contribution in [0.5, 0.6) is 0 Å². The SMILES string of the molecule is CCC(C)NS(=O)(=O)c1ccc(C(=O)Nc2ccc(F)c(F)c2)cc1. The first-order valence-corrected chi connectivity index (χ1v) is 9.10. The molecule has 0 spiro atoms. The molecule has 1 amide bonds. The van der Waals surface area contributed by atoms with E-state index in [1.54, 1.807) is 6.92 Å². The number of rotatable bonds is 6. The third-order valence-corrected chi connectivity index (χ3v) is 5.18. The van der Waals surface area contributed by atoms with Gasteiger partial charge in [0.15, 0.2) is 11.6 Å². The van der Waals surface area contributed by atoms with E-state index in [0.717, 1.165) is 12.1 Å². The van der Waals surface area contributed by atoms with Gasteiger partial charge in [0, 0.05) is 23.4 Å². The predicted octanol–water partition coefficient (Wildman–Crippen LogP) is 3.29. The molecule has 0 aromatic heterocycles. The molecule has 0 fully saturated rings. The zero-order valence-electron chi connectivity index (χ0n) is 13.7. The second-order valence-corrected chi connectivity index (χ2v) is 7.25. The van der Waals surface area contributed by atoms with E-state index in [2.05, 4.69) is 10.0 Å². The minimum absolute atomic E-state index is 0.0391. The van der Waals surface area contributed by atoms with Crippen LogP contribution in [0.2, 0.25) is 0 Å². The number of halogens is 2. The quantitative estimate of drug-likeness (QED) is 0.822. The third kappa shape index (κ3) is 4.83. The Kier molecular flexibility index (Phi) is 5.86. The largest absolute Gasteiger partial charge is 0.322 e. The first-order chi connectivity index (χ1) is 11.7. The lowest BCUT2D eigenvalue weighted by molar-refractivity contribution is 0.102. The van der Waals surface area contributed by atoms with E-state index in [-0.39, 0.29) is 22.2 Å². The van der Waals surface area contributed by atoms with Gasteiger partial charge >= 0.3 is 0 Å². The minimum Gasteiger partial charge on any atom is -0.322 e. The minimum atomic E-state index is -3.66. The molecule has 0 bridgehead atoms. The molecular weight excluding hydrogens is 350 g/mol. The van der Waals surface area contributed by atoms with Crippen LogP contribution in [0.25, 0.3) is 0 Å². The summed E-state index contributed by atoms with van der Waals surface area (Å²) in [4.78, 5) is 12.1. The molecule has 2 N–H and O–H groups in total. The van der Waals surface area contributed by atoms with Gasteiger partial charge in [-0.2, -0.15) is 0 Å². The van der Waals surface area contributed by atoms with Gasteiger partial charge in [0.1, 0.15) is 0 Å². The van der Waals surface area contributed by atoms with Crippen LogP contribution in [0.1, 0.15) is 30.6 Å². The number of benzene rings is 2. The first kappa shape index (κ1) is 19.0. The van der Waals surface area contributed by atoms with Crippen LogP contribution >= 0.6 is 0 Å². The Morgan fingerprint density at radius 2 is 1.72 bits per heavy atom. The van der Waals surface area contributed by atoms with E-state index >= 15 is 0 Å². The second-order valence-electron chi connectivity index (χ2n) is 5.54. The van der Waals surface area contributed by atoms with Crippen molar-refractivity contribution in [3.05, 3.63) is 59.7 Å². The molecule has 134 valence electrons. The topological polar surface area (TPSA) is 75.3 Å². The molecule has 1 unspecified atom stereocenters. The summed E-state index contributed by atoms with van der Waals surface area (Å²) in [5.41, 5.74) is 0.284. The average Bonchev–Trinajstić information content (AvgIpc) is 2.57. The summed E-state index contributed by atoms with van der Waals surface area (Å²) >= 11 is 0. The monoisotopic (exact) mass is 368 g/mol. The number of hydrogen-bond donors (Lipinski definition) is 2. The van der Waals surface area contributed by atoms with Crippen LogP contribution in [-0.2, 0) is 10.0 Å². The van der Waals surface area contributed by atoms with E-state index in [1.807, 2.05) is 6.92 Å². The highest BCUT2D eigenvalue weighted by atomic mass is 32.2. The molecule has 2 rings (SSSR count). The summed E-state index contributed by atoms with van der Waals surface area (Å²) < 4.78 is 52.9. The van der Waals surface area contributed by atoms with Gasteiger partial charge in [-0.15, -0.1) is 0 Å². The zero-order chi connectivity index (χ0) is 18.6. The number of amides is 1. The Hall–Kier alpha value is -2.32. The van der Waals surface area contributed by atoms with Crippen molar-refractivity contribution >= 4 is 21.6 Å². The average molecular weight is 368 g/mol. The maximum atomic E-state index is 13.1. The van der Waals surface area contributed by atoms with Crippen molar-refractivity contribution in [1.82, 2.24) is 4.72 Å². The number of hydrogen-bond acceptors (Lipinski definition) is 3. The van der Waals surface area contributed by atoms with Gasteiger partial charge < -0.3 is 5.32 Å². The molecule has 0 aliphatic rings. The highest BCUT2D eigenvalue weighted by molar-refractivity contribution is 7.89. The lowest BCUT2D eigenvalue weighted by Gasteiger charge is -2.12. The van der Waals surface area contributed by atoms with Crippen molar-refractivity contribution in [3.63, 3.8) is 0 Å². The van der Waals surface area contributed by atoms with Crippen LogP contribution in [-0.4, -0.2) is 20.4 Å². The molecule has 0 radical (unpaired) electrons. The first-order valence-electron chi connectivity index (χ1n) is 7.61. The summed E-state index contributed by atoms with van der Waals surface area (Å²) in [6, 6.07) is 8.10. The van der Waals surface area contributed by atoms with Crippen molar-refractivity contribution in [2.24, 2.45) is 0 Å². The fourth-order valence-electron chi connectivity index (χ4n) is 1.98. The van der Waals surface area contributed by atoms with Crippen LogP contribution < -0.4 is 10.0 Å². The Morgan fingerprint density at radius 3 is 2.28 bits per heavy atom. The van der Waals surface area contributed by atoms with Crippen molar-refractivity contribution in [2.45, 2.75) is 31.2 Å². The summed E-state index contributed by atoms with van der Waals surface area (Å²) in [7, 11) is -3.66. The molecule has 0 heterocycles. The van der Waals surface area contributed by atoms with E-state index in [9.17, 15) is 22.0 Å². The highest BCUT2D eigenvalue weighted by Crippen LogP contribution is 2.16. The standard InChI is InChI=1S/C17H18F2N2O3S/c1-3-11(2)21-25(23,24)14-7-4-12(5-8-14)17(22)20-13-6-9-15(18)16(19)10-13/h4-11,21H,3H2,1-2H3,(H,20,22). The number of sulfonamides is 1. The maximum absolute atomic E-state index is 13.1. The normalized spacial score (nSPS) is 12.6. The number of anilines is 1. The molecule has 8 heteroatoms. The van der Waals surface area contributed by atoms with E-state index in [1.165, 1.54) is 30.3 Å². The Balaban J connectivity index is 2.13. The lowest BCUT2D eigenvalue weighted by atomic mass is 10.2. The van der Waals surface area contributed by atoms with Crippen LogP contribution in [0.3, 0.4) is 0 Å². The molecule has 0 saturated carbocycles.